The topological polar surface area (TPSA) is 65.0 Å². The van der Waals surface area contributed by atoms with Crippen LogP contribution in [-0.4, -0.2) is 37.6 Å². The van der Waals surface area contributed by atoms with Crippen LogP contribution in [0.5, 0.6) is 0 Å². The molecule has 0 spiro atoms. The van der Waals surface area contributed by atoms with E-state index in [0.29, 0.717) is 0 Å². The van der Waals surface area contributed by atoms with Gasteiger partial charge in [0.25, 0.3) is 0 Å². The van der Waals surface area contributed by atoms with Crippen LogP contribution < -0.4 is 0 Å². The summed E-state index contributed by atoms with van der Waals surface area (Å²) in [6.07, 6.45) is -1.25. The van der Waals surface area contributed by atoms with Crippen molar-refractivity contribution in [2.45, 2.75) is 12.2 Å². The van der Waals surface area contributed by atoms with Gasteiger partial charge in [0.1, 0.15) is 12.2 Å². The smallest absolute Gasteiger partial charge is 0.319 e. The van der Waals surface area contributed by atoms with Gasteiger partial charge in [0, 0.05) is 7.11 Å². The molecule has 1 fully saturated rings. The third-order valence-electron chi connectivity index (χ3n) is 1.38. The molecule has 1 heterocycles. The second-order valence-corrected chi connectivity index (χ2v) is 3.26. The summed E-state index contributed by atoms with van der Waals surface area (Å²) in [4.78, 5) is 0. The van der Waals surface area contributed by atoms with Crippen LogP contribution in [0, 0.1) is 0 Å². The van der Waals surface area contributed by atoms with E-state index < -0.39 is 20.5 Å². The Morgan fingerprint density at radius 3 is 3.18 bits per heavy atom. The first kappa shape index (κ1) is 9.16. The Morgan fingerprint density at radius 2 is 2.55 bits per heavy atom. The van der Waals surface area contributed by atoms with Gasteiger partial charge in [-0.15, -0.1) is 0 Å². The maximum atomic E-state index is 10.7. The van der Waals surface area contributed by atoms with E-state index in [1.165, 1.54) is 7.11 Å². The lowest BCUT2D eigenvalue weighted by Gasteiger charge is -2.26. The lowest BCUT2D eigenvalue weighted by atomic mass is 10.2. The van der Waals surface area contributed by atoms with Gasteiger partial charge in [-0.25, -0.2) is 0 Å². The van der Waals surface area contributed by atoms with E-state index in [9.17, 15) is 4.57 Å². The summed E-state index contributed by atoms with van der Waals surface area (Å²) >= 11 is 0. The molecule has 1 rings (SSSR count). The standard InChI is InChI=1S/C5H11O5P/c1-8-3-5-4(6)2-9-11(7)10-5/h4-6,11H,2-3H2,1H3/t4-,5+/m1/s1. The second kappa shape index (κ2) is 4.18. The van der Waals surface area contributed by atoms with Crippen molar-refractivity contribution in [3.05, 3.63) is 0 Å². The number of methoxy groups -OCH3 is 1. The fraction of sp³-hybridized carbons (Fsp3) is 1.00. The summed E-state index contributed by atoms with van der Waals surface area (Å²) in [7, 11) is -0.897. The maximum absolute atomic E-state index is 10.7. The third-order valence-corrected chi connectivity index (χ3v) is 2.28. The molecule has 0 radical (unpaired) electrons. The van der Waals surface area contributed by atoms with Crippen LogP contribution in [-0.2, 0) is 18.3 Å². The molecule has 1 unspecified atom stereocenters. The van der Waals surface area contributed by atoms with Gasteiger partial charge in [-0.1, -0.05) is 0 Å². The second-order valence-electron chi connectivity index (χ2n) is 2.24. The van der Waals surface area contributed by atoms with E-state index in [4.69, 9.17) is 14.4 Å². The van der Waals surface area contributed by atoms with Gasteiger partial charge in [0.15, 0.2) is 0 Å². The molecule has 0 bridgehead atoms. The molecule has 0 aromatic carbocycles. The molecule has 1 aliphatic heterocycles. The Morgan fingerprint density at radius 1 is 1.82 bits per heavy atom. The van der Waals surface area contributed by atoms with Crippen LogP contribution in [0.2, 0.25) is 0 Å². The molecular weight excluding hydrogens is 171 g/mol. The maximum Gasteiger partial charge on any atom is 0.319 e. The highest BCUT2D eigenvalue weighted by Gasteiger charge is 2.27. The van der Waals surface area contributed by atoms with Gasteiger partial charge in [-0.05, 0) is 0 Å². The van der Waals surface area contributed by atoms with E-state index in [1.807, 2.05) is 0 Å². The van der Waals surface area contributed by atoms with Crippen molar-refractivity contribution in [1.82, 2.24) is 0 Å². The van der Waals surface area contributed by atoms with Crippen LogP contribution in [0.25, 0.3) is 0 Å². The highest BCUT2D eigenvalue weighted by molar-refractivity contribution is 7.33. The van der Waals surface area contributed by atoms with E-state index in [2.05, 4.69) is 4.52 Å². The zero-order valence-corrected chi connectivity index (χ0v) is 7.15. The first-order valence-corrected chi connectivity index (χ1v) is 4.47. The average molecular weight is 182 g/mol. The van der Waals surface area contributed by atoms with Crippen LogP contribution in [0.15, 0.2) is 0 Å². The van der Waals surface area contributed by atoms with Crippen molar-refractivity contribution >= 4 is 8.25 Å². The number of aliphatic hydroxyl groups is 1. The molecule has 11 heavy (non-hydrogen) atoms. The van der Waals surface area contributed by atoms with Crippen molar-refractivity contribution in [2.24, 2.45) is 0 Å². The van der Waals surface area contributed by atoms with Crippen molar-refractivity contribution in [3.8, 4) is 0 Å². The number of rotatable bonds is 2. The molecule has 0 saturated carbocycles. The Labute approximate surface area is 65.2 Å². The number of hydrogen-bond donors (Lipinski definition) is 1. The Bertz CT molecular complexity index is 150. The van der Waals surface area contributed by atoms with Crippen LogP contribution in [0.4, 0.5) is 0 Å². The van der Waals surface area contributed by atoms with Crippen molar-refractivity contribution in [2.75, 3.05) is 20.3 Å². The number of ether oxygens (including phenoxy) is 1. The van der Waals surface area contributed by atoms with Crippen LogP contribution >= 0.6 is 8.25 Å². The van der Waals surface area contributed by atoms with E-state index in [1.54, 1.807) is 0 Å². The van der Waals surface area contributed by atoms with Crippen molar-refractivity contribution < 1.29 is 23.5 Å². The summed E-state index contributed by atoms with van der Waals surface area (Å²) < 4.78 is 24.8. The highest BCUT2D eigenvalue weighted by atomic mass is 31.1. The molecule has 3 atom stereocenters. The zero-order valence-electron chi connectivity index (χ0n) is 6.15. The van der Waals surface area contributed by atoms with Crippen molar-refractivity contribution in [1.29, 1.82) is 0 Å². The highest BCUT2D eigenvalue weighted by Crippen LogP contribution is 2.32. The molecule has 5 nitrogen and oxygen atoms in total. The van der Waals surface area contributed by atoms with E-state index in [-0.39, 0.29) is 13.2 Å². The SMILES string of the molecule is COC[C@@H]1O[PH](=O)OC[C@H]1O. The first-order chi connectivity index (χ1) is 5.24. The predicted molar refractivity (Wildman–Crippen MR) is 37.7 cm³/mol. The summed E-state index contributed by atoms with van der Waals surface area (Å²) in [5, 5.41) is 9.17. The van der Waals surface area contributed by atoms with Gasteiger partial charge in [0.2, 0.25) is 0 Å². The molecule has 6 heteroatoms. The first-order valence-electron chi connectivity index (χ1n) is 3.24. The molecule has 1 N–H and O–H groups in total. The summed E-state index contributed by atoms with van der Waals surface area (Å²) in [6.45, 7) is 0.298. The van der Waals surface area contributed by atoms with Gasteiger partial charge >= 0.3 is 8.25 Å². The Balaban J connectivity index is 2.40. The fourth-order valence-corrected chi connectivity index (χ4v) is 1.65. The van der Waals surface area contributed by atoms with Crippen LogP contribution in [0.1, 0.15) is 0 Å². The summed E-state index contributed by atoms with van der Waals surface area (Å²) in [5.41, 5.74) is 0. The summed E-state index contributed by atoms with van der Waals surface area (Å²) in [6, 6.07) is 0. The quantitative estimate of drug-likeness (QED) is 0.599. The van der Waals surface area contributed by atoms with Gasteiger partial charge in [0.05, 0.1) is 13.2 Å². The fourth-order valence-electron chi connectivity index (χ4n) is 0.806. The molecule has 0 amide bonds. The van der Waals surface area contributed by atoms with Gasteiger partial charge in [-0.2, -0.15) is 0 Å². The predicted octanol–water partition coefficient (Wildman–Crippen LogP) is -0.201. The molecule has 0 aliphatic carbocycles. The average Bonchev–Trinajstić information content (AvgIpc) is 1.98. The lowest BCUT2D eigenvalue weighted by Crippen LogP contribution is -2.37. The van der Waals surface area contributed by atoms with Gasteiger partial charge in [-0.3, -0.25) is 4.57 Å². The Hall–Kier alpha value is 0.0700. The molecule has 66 valence electrons. The minimum absolute atomic E-state index is 0.0613. The van der Waals surface area contributed by atoms with E-state index >= 15 is 0 Å². The molecule has 1 saturated heterocycles. The molecular formula is C5H11O5P. The zero-order chi connectivity index (χ0) is 8.27. The van der Waals surface area contributed by atoms with Gasteiger partial charge < -0.3 is 18.9 Å². The summed E-state index contributed by atoms with van der Waals surface area (Å²) in [5.74, 6) is 0. The normalized spacial score (nSPS) is 38.9. The molecule has 0 aromatic rings. The molecule has 1 aliphatic rings. The number of aliphatic hydroxyl groups excluding tert-OH is 1. The lowest BCUT2D eigenvalue weighted by molar-refractivity contribution is -0.0599. The Kier molecular flexibility index (Phi) is 3.48. The third kappa shape index (κ3) is 2.54. The minimum atomic E-state index is -2.39. The molecule has 0 aromatic heterocycles. The number of hydrogen-bond acceptors (Lipinski definition) is 5. The van der Waals surface area contributed by atoms with Crippen molar-refractivity contribution in [3.63, 3.8) is 0 Å². The minimum Gasteiger partial charge on any atom is -0.388 e. The van der Waals surface area contributed by atoms with E-state index in [0.717, 1.165) is 0 Å². The van der Waals surface area contributed by atoms with Crippen LogP contribution in [0.3, 0.4) is 0 Å². The largest absolute Gasteiger partial charge is 0.388 e. The monoisotopic (exact) mass is 182 g/mol.